The van der Waals surface area contributed by atoms with Crippen LogP contribution in [-0.2, 0) is 0 Å². The van der Waals surface area contributed by atoms with Crippen LogP contribution in [0.25, 0.3) is 11.3 Å². The predicted molar refractivity (Wildman–Crippen MR) is 58.6 cm³/mol. The maximum Gasteiger partial charge on any atom is 0.358 e. The van der Waals surface area contributed by atoms with Crippen LogP contribution in [0.3, 0.4) is 0 Å². The zero-order valence-corrected chi connectivity index (χ0v) is 9.15. The van der Waals surface area contributed by atoms with Gasteiger partial charge in [-0.1, -0.05) is 23.7 Å². The summed E-state index contributed by atoms with van der Waals surface area (Å²) in [6, 6.07) is 5.20. The normalized spacial score (nSPS) is 10.4. The van der Waals surface area contributed by atoms with Crippen molar-refractivity contribution < 1.29 is 14.3 Å². The maximum atomic E-state index is 10.9. The summed E-state index contributed by atoms with van der Waals surface area (Å²) in [5, 5.41) is 9.44. The highest BCUT2D eigenvalue weighted by atomic mass is 35.5. The van der Waals surface area contributed by atoms with Crippen molar-refractivity contribution in [1.29, 1.82) is 0 Å². The molecule has 0 fully saturated rings. The molecule has 0 amide bonds. The molecule has 0 saturated heterocycles. The van der Waals surface area contributed by atoms with Crippen molar-refractivity contribution in [1.82, 2.24) is 4.98 Å². The van der Waals surface area contributed by atoms with Crippen molar-refractivity contribution in [2.45, 2.75) is 6.92 Å². The number of aryl methyl sites for hydroxylation is 1. The van der Waals surface area contributed by atoms with E-state index in [9.17, 15) is 4.79 Å². The molecule has 0 saturated carbocycles. The third kappa shape index (κ3) is 1.79. The van der Waals surface area contributed by atoms with E-state index in [1.165, 1.54) is 0 Å². The number of benzene rings is 1. The van der Waals surface area contributed by atoms with Crippen LogP contribution in [0.15, 0.2) is 29.0 Å². The highest BCUT2D eigenvalue weighted by Crippen LogP contribution is 2.27. The maximum absolute atomic E-state index is 10.9. The molecule has 0 aliphatic carbocycles. The van der Waals surface area contributed by atoms with E-state index in [4.69, 9.17) is 21.1 Å². The van der Waals surface area contributed by atoms with E-state index in [0.29, 0.717) is 10.6 Å². The number of aromatic nitrogens is 1. The van der Waals surface area contributed by atoms with Crippen LogP contribution in [0.4, 0.5) is 0 Å². The quantitative estimate of drug-likeness (QED) is 0.872. The number of carboxylic acids is 1. The first-order valence-corrected chi connectivity index (χ1v) is 4.90. The molecule has 82 valence electrons. The number of rotatable bonds is 2. The van der Waals surface area contributed by atoms with E-state index in [2.05, 4.69) is 4.98 Å². The van der Waals surface area contributed by atoms with Crippen LogP contribution in [-0.4, -0.2) is 16.1 Å². The minimum absolute atomic E-state index is 0.111. The lowest BCUT2D eigenvalue weighted by molar-refractivity contribution is 0.0691. The van der Waals surface area contributed by atoms with E-state index in [-0.39, 0.29) is 11.5 Å². The topological polar surface area (TPSA) is 63.3 Å². The summed E-state index contributed by atoms with van der Waals surface area (Å²) in [4.78, 5) is 14.5. The molecule has 2 rings (SSSR count). The Bertz CT molecular complexity index is 548. The van der Waals surface area contributed by atoms with E-state index in [0.717, 1.165) is 12.0 Å². The SMILES string of the molecule is Cc1ccc(-c2ocnc2C(=O)O)cc1Cl. The first-order valence-electron chi connectivity index (χ1n) is 4.53. The molecule has 2 aromatic rings. The van der Waals surface area contributed by atoms with Gasteiger partial charge in [0, 0.05) is 10.6 Å². The Morgan fingerprint density at radius 3 is 2.88 bits per heavy atom. The van der Waals surface area contributed by atoms with E-state index < -0.39 is 5.97 Å². The van der Waals surface area contributed by atoms with Gasteiger partial charge in [0.05, 0.1) is 0 Å². The smallest absolute Gasteiger partial charge is 0.358 e. The Morgan fingerprint density at radius 2 is 2.25 bits per heavy atom. The number of aromatic carboxylic acids is 1. The highest BCUT2D eigenvalue weighted by molar-refractivity contribution is 6.31. The molecule has 0 bridgehead atoms. The Kier molecular flexibility index (Phi) is 2.66. The molecule has 5 heteroatoms. The van der Waals surface area contributed by atoms with Gasteiger partial charge in [0.2, 0.25) is 0 Å². The molecule has 0 aliphatic rings. The van der Waals surface area contributed by atoms with Crippen LogP contribution in [0.2, 0.25) is 5.02 Å². The highest BCUT2D eigenvalue weighted by Gasteiger charge is 2.17. The summed E-state index contributed by atoms with van der Waals surface area (Å²) in [6.45, 7) is 1.87. The summed E-state index contributed by atoms with van der Waals surface area (Å²) in [6.07, 6.45) is 1.10. The van der Waals surface area contributed by atoms with Gasteiger partial charge in [-0.3, -0.25) is 0 Å². The van der Waals surface area contributed by atoms with Crippen molar-refractivity contribution in [3.05, 3.63) is 40.9 Å². The Balaban J connectivity index is 2.54. The van der Waals surface area contributed by atoms with Crippen molar-refractivity contribution in [2.75, 3.05) is 0 Å². The average molecular weight is 238 g/mol. The van der Waals surface area contributed by atoms with Gasteiger partial charge in [0.1, 0.15) is 0 Å². The predicted octanol–water partition coefficient (Wildman–Crippen LogP) is 3.00. The van der Waals surface area contributed by atoms with Gasteiger partial charge < -0.3 is 9.52 Å². The summed E-state index contributed by atoms with van der Waals surface area (Å²) in [7, 11) is 0. The minimum atomic E-state index is -1.12. The van der Waals surface area contributed by atoms with Gasteiger partial charge in [-0.25, -0.2) is 9.78 Å². The van der Waals surface area contributed by atoms with Gasteiger partial charge >= 0.3 is 5.97 Å². The largest absolute Gasteiger partial charge is 0.476 e. The molecule has 1 aromatic heterocycles. The summed E-state index contributed by atoms with van der Waals surface area (Å²) in [5.41, 5.74) is 1.41. The number of oxazole rings is 1. The minimum Gasteiger partial charge on any atom is -0.476 e. The molecule has 0 radical (unpaired) electrons. The fraction of sp³-hybridized carbons (Fsp3) is 0.0909. The lowest BCUT2D eigenvalue weighted by Crippen LogP contribution is -1.98. The second kappa shape index (κ2) is 3.98. The average Bonchev–Trinajstić information content (AvgIpc) is 2.71. The third-order valence-corrected chi connectivity index (χ3v) is 2.61. The van der Waals surface area contributed by atoms with Crippen molar-refractivity contribution in [3.63, 3.8) is 0 Å². The first-order chi connectivity index (χ1) is 7.59. The van der Waals surface area contributed by atoms with Crippen molar-refractivity contribution in [2.24, 2.45) is 0 Å². The summed E-state index contributed by atoms with van der Waals surface area (Å²) in [5.74, 6) is -0.908. The molecule has 0 spiro atoms. The van der Waals surface area contributed by atoms with Crippen LogP contribution >= 0.6 is 11.6 Å². The lowest BCUT2D eigenvalue weighted by atomic mass is 10.1. The van der Waals surface area contributed by atoms with Gasteiger partial charge in [0.25, 0.3) is 0 Å². The number of hydrogen-bond acceptors (Lipinski definition) is 3. The number of carbonyl (C=O) groups is 1. The van der Waals surface area contributed by atoms with Gasteiger partial charge in [0.15, 0.2) is 17.8 Å². The van der Waals surface area contributed by atoms with Crippen LogP contribution in [0, 0.1) is 6.92 Å². The molecule has 4 nitrogen and oxygen atoms in total. The fourth-order valence-electron chi connectivity index (χ4n) is 1.34. The molecular weight excluding hydrogens is 230 g/mol. The fourth-order valence-corrected chi connectivity index (χ4v) is 1.52. The monoisotopic (exact) mass is 237 g/mol. The van der Waals surface area contributed by atoms with E-state index >= 15 is 0 Å². The Labute approximate surface area is 96.5 Å². The second-order valence-electron chi connectivity index (χ2n) is 3.30. The summed E-state index contributed by atoms with van der Waals surface area (Å²) >= 11 is 5.95. The van der Waals surface area contributed by atoms with Crippen LogP contribution < -0.4 is 0 Å². The molecular formula is C11H8ClNO3. The molecule has 0 aliphatic heterocycles. The van der Waals surface area contributed by atoms with Crippen LogP contribution in [0.5, 0.6) is 0 Å². The Hall–Kier alpha value is -1.81. The number of halogens is 1. The molecule has 1 aromatic carbocycles. The molecule has 0 atom stereocenters. The van der Waals surface area contributed by atoms with Gasteiger partial charge in [-0.05, 0) is 18.6 Å². The molecule has 1 heterocycles. The van der Waals surface area contributed by atoms with Crippen molar-refractivity contribution in [3.8, 4) is 11.3 Å². The van der Waals surface area contributed by atoms with Gasteiger partial charge in [-0.15, -0.1) is 0 Å². The summed E-state index contributed by atoms with van der Waals surface area (Å²) < 4.78 is 5.06. The second-order valence-corrected chi connectivity index (χ2v) is 3.71. The van der Waals surface area contributed by atoms with Gasteiger partial charge in [-0.2, -0.15) is 0 Å². The standard InChI is InChI=1S/C11H8ClNO3/c1-6-2-3-7(4-8(6)12)10-9(11(14)15)13-5-16-10/h2-5H,1H3,(H,14,15). The Morgan fingerprint density at radius 1 is 1.50 bits per heavy atom. The van der Waals surface area contributed by atoms with E-state index in [1.807, 2.05) is 6.92 Å². The van der Waals surface area contributed by atoms with Crippen molar-refractivity contribution >= 4 is 17.6 Å². The van der Waals surface area contributed by atoms with Crippen LogP contribution in [0.1, 0.15) is 16.1 Å². The first kappa shape index (κ1) is 10.7. The number of carboxylic acid groups (broad SMARTS) is 1. The molecule has 0 unspecified atom stereocenters. The third-order valence-electron chi connectivity index (χ3n) is 2.20. The molecule has 1 N–H and O–H groups in total. The van der Waals surface area contributed by atoms with E-state index in [1.54, 1.807) is 18.2 Å². The zero-order chi connectivity index (χ0) is 11.7. The number of nitrogens with zero attached hydrogens (tertiary/aromatic N) is 1. The zero-order valence-electron chi connectivity index (χ0n) is 8.40. The lowest BCUT2D eigenvalue weighted by Gasteiger charge is -2.01. The molecule has 16 heavy (non-hydrogen) atoms. The number of hydrogen-bond donors (Lipinski definition) is 1.